The largest absolute Gasteiger partial charge is 0.353 e. The van der Waals surface area contributed by atoms with E-state index in [4.69, 9.17) is 0 Å². The van der Waals surface area contributed by atoms with Crippen LogP contribution in [0.5, 0.6) is 0 Å². The predicted molar refractivity (Wildman–Crippen MR) is 94.5 cm³/mol. The molecule has 5 nitrogen and oxygen atoms in total. The average Bonchev–Trinajstić information content (AvgIpc) is 2.84. The van der Waals surface area contributed by atoms with Gasteiger partial charge in [-0.15, -0.1) is 24.0 Å². The molecule has 0 radical (unpaired) electrons. The minimum absolute atomic E-state index is 0. The molecule has 0 fully saturated rings. The molecule has 0 aliphatic heterocycles. The predicted octanol–water partition coefficient (Wildman–Crippen LogP) is 1.52. The fraction of sp³-hybridized carbons (Fsp3) is 0.571. The van der Waals surface area contributed by atoms with Gasteiger partial charge in [-0.1, -0.05) is 24.3 Å². The standard InChI is InChI=1S/C14H24N4O.HI/c1-11(2)9-15-14(16-10-13(19)18(3)4)17-12-7-5-6-8-12;/h5-6,12H,1,7-10H2,2-4H3,(H2,15,16,17);1H. The number of guanidine groups is 1. The summed E-state index contributed by atoms with van der Waals surface area (Å²) in [6.45, 7) is 6.61. The number of carbonyl (C=O) groups is 1. The molecule has 1 amide bonds. The van der Waals surface area contributed by atoms with E-state index in [9.17, 15) is 4.79 Å². The van der Waals surface area contributed by atoms with Crippen molar-refractivity contribution in [1.29, 1.82) is 0 Å². The van der Waals surface area contributed by atoms with Crippen molar-refractivity contribution in [3.05, 3.63) is 24.3 Å². The van der Waals surface area contributed by atoms with Crippen LogP contribution >= 0.6 is 24.0 Å². The molecule has 1 aliphatic rings. The zero-order chi connectivity index (χ0) is 14.3. The van der Waals surface area contributed by atoms with Crippen molar-refractivity contribution in [2.75, 3.05) is 27.2 Å². The fourth-order valence-electron chi connectivity index (χ4n) is 1.60. The lowest BCUT2D eigenvalue weighted by Crippen LogP contribution is -2.43. The number of likely N-dealkylation sites (N-methyl/N-ethyl adjacent to an activating group) is 1. The molecule has 0 unspecified atom stereocenters. The van der Waals surface area contributed by atoms with Crippen molar-refractivity contribution >= 4 is 35.8 Å². The smallest absolute Gasteiger partial charge is 0.243 e. The van der Waals surface area contributed by atoms with E-state index in [2.05, 4.69) is 34.4 Å². The molecule has 0 heterocycles. The summed E-state index contributed by atoms with van der Waals surface area (Å²) < 4.78 is 0. The molecular formula is C14H25IN4O. The highest BCUT2D eigenvalue weighted by Gasteiger charge is 2.12. The topological polar surface area (TPSA) is 56.7 Å². The van der Waals surface area contributed by atoms with Gasteiger partial charge in [-0.3, -0.25) is 4.79 Å². The first-order chi connectivity index (χ1) is 8.99. The van der Waals surface area contributed by atoms with Gasteiger partial charge in [-0.25, -0.2) is 4.99 Å². The van der Waals surface area contributed by atoms with E-state index in [1.165, 1.54) is 4.90 Å². The minimum atomic E-state index is -0.0130. The highest BCUT2D eigenvalue weighted by Crippen LogP contribution is 2.08. The fourth-order valence-corrected chi connectivity index (χ4v) is 1.60. The van der Waals surface area contributed by atoms with Crippen molar-refractivity contribution in [2.45, 2.75) is 25.8 Å². The van der Waals surface area contributed by atoms with E-state index in [0.717, 1.165) is 18.4 Å². The zero-order valence-electron chi connectivity index (χ0n) is 12.5. The summed E-state index contributed by atoms with van der Waals surface area (Å²) >= 11 is 0. The van der Waals surface area contributed by atoms with E-state index >= 15 is 0 Å². The van der Waals surface area contributed by atoms with Crippen LogP contribution in [-0.4, -0.2) is 50.0 Å². The molecule has 0 spiro atoms. The zero-order valence-corrected chi connectivity index (χ0v) is 14.8. The summed E-state index contributed by atoms with van der Waals surface area (Å²) in [5.41, 5.74) is 1.03. The van der Waals surface area contributed by atoms with Gasteiger partial charge in [0.2, 0.25) is 5.91 Å². The van der Waals surface area contributed by atoms with Crippen molar-refractivity contribution < 1.29 is 4.79 Å². The van der Waals surface area contributed by atoms with Gasteiger partial charge in [0.05, 0.1) is 0 Å². The van der Waals surface area contributed by atoms with Gasteiger partial charge >= 0.3 is 0 Å². The van der Waals surface area contributed by atoms with Crippen molar-refractivity contribution in [3.63, 3.8) is 0 Å². The minimum Gasteiger partial charge on any atom is -0.353 e. The number of rotatable bonds is 5. The van der Waals surface area contributed by atoms with Crippen LogP contribution in [0.3, 0.4) is 0 Å². The molecule has 2 N–H and O–H groups in total. The Hall–Kier alpha value is -1.05. The Kier molecular flexibility index (Phi) is 9.28. The average molecular weight is 392 g/mol. The van der Waals surface area contributed by atoms with Crippen LogP contribution in [0, 0.1) is 0 Å². The summed E-state index contributed by atoms with van der Waals surface area (Å²) in [4.78, 5) is 17.4. The van der Waals surface area contributed by atoms with E-state index in [-0.39, 0.29) is 36.4 Å². The van der Waals surface area contributed by atoms with Gasteiger partial charge in [0.1, 0.15) is 6.54 Å². The van der Waals surface area contributed by atoms with Crippen LogP contribution in [0.15, 0.2) is 29.3 Å². The Morgan fingerprint density at radius 3 is 2.50 bits per heavy atom. The molecule has 1 aliphatic carbocycles. The molecule has 0 aromatic rings. The molecule has 20 heavy (non-hydrogen) atoms. The summed E-state index contributed by atoms with van der Waals surface area (Å²) in [7, 11) is 3.46. The first-order valence-electron chi connectivity index (χ1n) is 6.53. The van der Waals surface area contributed by atoms with Crippen LogP contribution < -0.4 is 10.6 Å². The van der Waals surface area contributed by atoms with E-state index in [1.807, 2.05) is 6.92 Å². The maximum absolute atomic E-state index is 11.6. The molecule has 6 heteroatoms. The molecule has 0 atom stereocenters. The summed E-state index contributed by atoms with van der Waals surface area (Å²) in [6.07, 6.45) is 6.29. The quantitative estimate of drug-likeness (QED) is 0.323. The monoisotopic (exact) mass is 392 g/mol. The van der Waals surface area contributed by atoms with Crippen LogP contribution in [0.4, 0.5) is 0 Å². The Balaban J connectivity index is 0.00000361. The number of carbonyl (C=O) groups excluding carboxylic acids is 1. The highest BCUT2D eigenvalue weighted by molar-refractivity contribution is 14.0. The first-order valence-corrected chi connectivity index (χ1v) is 6.53. The number of aliphatic imine (C=N–C) groups is 1. The molecule has 0 bridgehead atoms. The SMILES string of the molecule is C=C(C)CNC(=NCC(=O)N(C)C)NC1CC=CC1.I. The van der Waals surface area contributed by atoms with Gasteiger partial charge in [0, 0.05) is 26.7 Å². The number of amides is 1. The number of hydrogen-bond donors (Lipinski definition) is 2. The van der Waals surface area contributed by atoms with E-state index in [0.29, 0.717) is 18.5 Å². The lowest BCUT2D eigenvalue weighted by atomic mass is 10.2. The van der Waals surface area contributed by atoms with Crippen molar-refractivity contribution in [3.8, 4) is 0 Å². The van der Waals surface area contributed by atoms with Gasteiger partial charge in [-0.05, 0) is 19.8 Å². The lowest BCUT2D eigenvalue weighted by molar-refractivity contribution is -0.127. The number of nitrogens with zero attached hydrogens (tertiary/aromatic N) is 2. The van der Waals surface area contributed by atoms with Gasteiger partial charge in [-0.2, -0.15) is 0 Å². The van der Waals surface area contributed by atoms with E-state index < -0.39 is 0 Å². The molecule has 0 aromatic carbocycles. The van der Waals surface area contributed by atoms with Crippen LogP contribution in [0.25, 0.3) is 0 Å². The second kappa shape index (κ2) is 9.79. The van der Waals surface area contributed by atoms with Gasteiger partial charge in [0.25, 0.3) is 0 Å². The molecule has 0 saturated carbocycles. The molecular weight excluding hydrogens is 367 g/mol. The third-order valence-electron chi connectivity index (χ3n) is 2.78. The van der Waals surface area contributed by atoms with E-state index in [1.54, 1.807) is 14.1 Å². The van der Waals surface area contributed by atoms with Crippen LogP contribution in [0.2, 0.25) is 0 Å². The first kappa shape index (κ1) is 18.9. The molecule has 114 valence electrons. The summed E-state index contributed by atoms with van der Waals surface area (Å²) in [6, 6.07) is 0.367. The normalized spacial score (nSPS) is 14.7. The van der Waals surface area contributed by atoms with Crippen LogP contribution in [0.1, 0.15) is 19.8 Å². The third kappa shape index (κ3) is 7.52. The number of hydrogen-bond acceptors (Lipinski definition) is 2. The molecule has 0 aromatic heterocycles. The lowest BCUT2D eigenvalue weighted by Gasteiger charge is -2.18. The van der Waals surface area contributed by atoms with Gasteiger partial charge in [0.15, 0.2) is 5.96 Å². The second-order valence-corrected chi connectivity index (χ2v) is 5.05. The molecule has 0 saturated heterocycles. The summed E-state index contributed by atoms with van der Waals surface area (Å²) in [5.74, 6) is 0.660. The van der Waals surface area contributed by atoms with Gasteiger partial charge < -0.3 is 15.5 Å². The second-order valence-electron chi connectivity index (χ2n) is 5.05. The van der Waals surface area contributed by atoms with Crippen LogP contribution in [-0.2, 0) is 4.79 Å². The highest BCUT2D eigenvalue weighted by atomic mass is 127. The Labute approximate surface area is 138 Å². The Bertz CT molecular complexity index is 383. The Morgan fingerprint density at radius 2 is 2.00 bits per heavy atom. The maximum atomic E-state index is 11.6. The molecule has 1 rings (SSSR count). The number of halogens is 1. The maximum Gasteiger partial charge on any atom is 0.243 e. The Morgan fingerprint density at radius 1 is 1.40 bits per heavy atom. The van der Waals surface area contributed by atoms with Crippen molar-refractivity contribution in [1.82, 2.24) is 15.5 Å². The number of nitrogens with one attached hydrogen (secondary N) is 2. The third-order valence-corrected chi connectivity index (χ3v) is 2.78. The summed E-state index contributed by atoms with van der Waals surface area (Å²) in [5, 5.41) is 6.51. The van der Waals surface area contributed by atoms with Crippen molar-refractivity contribution in [2.24, 2.45) is 4.99 Å².